The van der Waals surface area contributed by atoms with Gasteiger partial charge in [-0.1, -0.05) is 20.3 Å². The molecule has 0 radical (unpaired) electrons. The topological polar surface area (TPSA) is 15.3 Å². The third-order valence-electron chi connectivity index (χ3n) is 4.20. The predicted molar refractivity (Wildman–Crippen MR) is 65.1 cm³/mol. The molecule has 1 unspecified atom stereocenters. The van der Waals surface area contributed by atoms with Gasteiger partial charge in [-0.2, -0.15) is 0 Å². The van der Waals surface area contributed by atoms with E-state index < -0.39 is 0 Å². The van der Waals surface area contributed by atoms with Crippen molar-refractivity contribution in [2.24, 2.45) is 5.41 Å². The van der Waals surface area contributed by atoms with Crippen LogP contribution in [0.2, 0.25) is 0 Å². The van der Waals surface area contributed by atoms with E-state index in [9.17, 15) is 0 Å². The highest BCUT2D eigenvalue weighted by molar-refractivity contribution is 4.88. The molecule has 1 aliphatic carbocycles. The quantitative estimate of drug-likeness (QED) is 0.765. The van der Waals surface area contributed by atoms with Gasteiger partial charge in [0.05, 0.1) is 0 Å². The van der Waals surface area contributed by atoms with Crippen LogP contribution in [0.25, 0.3) is 0 Å². The van der Waals surface area contributed by atoms with Crippen molar-refractivity contribution < 1.29 is 0 Å². The summed E-state index contributed by atoms with van der Waals surface area (Å²) in [7, 11) is 2.30. The van der Waals surface area contributed by atoms with Gasteiger partial charge in [0.25, 0.3) is 0 Å². The molecule has 2 aliphatic rings. The monoisotopic (exact) mass is 210 g/mol. The first-order valence-corrected chi connectivity index (χ1v) is 6.50. The zero-order valence-corrected chi connectivity index (χ0v) is 10.6. The maximum absolute atomic E-state index is 3.65. The molecule has 0 aromatic carbocycles. The van der Waals surface area contributed by atoms with Crippen LogP contribution in [0.1, 0.15) is 46.0 Å². The normalized spacial score (nSPS) is 30.8. The van der Waals surface area contributed by atoms with Gasteiger partial charge in [0.2, 0.25) is 0 Å². The van der Waals surface area contributed by atoms with Gasteiger partial charge < -0.3 is 10.2 Å². The van der Waals surface area contributed by atoms with Crippen molar-refractivity contribution >= 4 is 0 Å². The van der Waals surface area contributed by atoms with Gasteiger partial charge in [0.1, 0.15) is 0 Å². The Morgan fingerprint density at radius 1 is 1.33 bits per heavy atom. The molecule has 2 fully saturated rings. The molecule has 88 valence electrons. The Bertz CT molecular complexity index is 209. The third-order valence-corrected chi connectivity index (χ3v) is 4.20. The van der Waals surface area contributed by atoms with Crippen LogP contribution in [-0.4, -0.2) is 37.1 Å². The zero-order valence-electron chi connectivity index (χ0n) is 10.6. The first-order chi connectivity index (χ1) is 7.07. The molecule has 1 N–H and O–H groups in total. The summed E-state index contributed by atoms with van der Waals surface area (Å²) >= 11 is 0. The summed E-state index contributed by atoms with van der Waals surface area (Å²) in [5, 5.41) is 3.65. The van der Waals surface area contributed by atoms with Crippen LogP contribution in [-0.2, 0) is 0 Å². The zero-order chi connectivity index (χ0) is 10.9. The fraction of sp³-hybridized carbons (Fsp3) is 1.00. The van der Waals surface area contributed by atoms with Gasteiger partial charge >= 0.3 is 0 Å². The van der Waals surface area contributed by atoms with Gasteiger partial charge in [0.15, 0.2) is 0 Å². The van der Waals surface area contributed by atoms with Gasteiger partial charge in [-0.05, 0) is 44.7 Å². The number of hydrogen-bond donors (Lipinski definition) is 1. The Morgan fingerprint density at radius 3 is 2.53 bits per heavy atom. The summed E-state index contributed by atoms with van der Waals surface area (Å²) in [6, 6.07) is 1.67. The minimum Gasteiger partial charge on any atom is -0.313 e. The van der Waals surface area contributed by atoms with Crippen LogP contribution in [0.3, 0.4) is 0 Å². The van der Waals surface area contributed by atoms with E-state index in [0.29, 0.717) is 5.41 Å². The standard InChI is InChI=1S/C13H26N2/c1-13(2)9-11(14-10-13)7-8-15(3)12-5-4-6-12/h11-12,14H,4-10H2,1-3H3. The lowest BCUT2D eigenvalue weighted by molar-refractivity contribution is 0.153. The second-order valence-electron chi connectivity index (χ2n) is 6.30. The molecule has 1 aliphatic heterocycles. The predicted octanol–water partition coefficient (Wildman–Crippen LogP) is 2.25. The minimum absolute atomic E-state index is 0.527. The largest absolute Gasteiger partial charge is 0.313 e. The summed E-state index contributed by atoms with van der Waals surface area (Å²) in [4.78, 5) is 2.57. The van der Waals surface area contributed by atoms with E-state index in [2.05, 4.69) is 31.1 Å². The lowest BCUT2D eigenvalue weighted by Gasteiger charge is -2.35. The van der Waals surface area contributed by atoms with Crippen LogP contribution in [0.5, 0.6) is 0 Å². The number of hydrogen-bond acceptors (Lipinski definition) is 2. The molecule has 0 aromatic rings. The molecule has 0 spiro atoms. The molecular weight excluding hydrogens is 184 g/mol. The molecule has 1 heterocycles. The molecule has 2 nitrogen and oxygen atoms in total. The number of nitrogens with zero attached hydrogens (tertiary/aromatic N) is 1. The van der Waals surface area contributed by atoms with E-state index in [1.807, 2.05) is 0 Å². The van der Waals surface area contributed by atoms with Gasteiger partial charge in [-0.3, -0.25) is 0 Å². The Labute approximate surface area is 94.4 Å². The van der Waals surface area contributed by atoms with Gasteiger partial charge in [-0.25, -0.2) is 0 Å². The van der Waals surface area contributed by atoms with Crippen LogP contribution in [0, 0.1) is 5.41 Å². The van der Waals surface area contributed by atoms with E-state index in [0.717, 1.165) is 12.1 Å². The van der Waals surface area contributed by atoms with Crippen molar-refractivity contribution in [2.75, 3.05) is 20.1 Å². The number of rotatable bonds is 4. The highest BCUT2D eigenvalue weighted by Crippen LogP contribution is 2.29. The molecule has 15 heavy (non-hydrogen) atoms. The average Bonchev–Trinajstić information content (AvgIpc) is 2.39. The molecule has 0 amide bonds. The van der Waals surface area contributed by atoms with Crippen LogP contribution < -0.4 is 5.32 Å². The SMILES string of the molecule is CN(CCC1CC(C)(C)CN1)C1CCC1. The van der Waals surface area contributed by atoms with E-state index >= 15 is 0 Å². The van der Waals surface area contributed by atoms with Crippen molar-refractivity contribution in [1.29, 1.82) is 0 Å². The lowest BCUT2D eigenvalue weighted by atomic mass is 9.89. The fourth-order valence-corrected chi connectivity index (χ4v) is 2.81. The summed E-state index contributed by atoms with van der Waals surface area (Å²) in [5.41, 5.74) is 0.527. The molecule has 1 saturated heterocycles. The van der Waals surface area contributed by atoms with E-state index in [4.69, 9.17) is 0 Å². The first kappa shape index (κ1) is 11.4. The van der Waals surface area contributed by atoms with Crippen molar-refractivity contribution in [1.82, 2.24) is 10.2 Å². The third kappa shape index (κ3) is 2.94. The molecule has 0 bridgehead atoms. The Kier molecular flexibility index (Phi) is 3.36. The first-order valence-electron chi connectivity index (χ1n) is 6.50. The van der Waals surface area contributed by atoms with Crippen LogP contribution in [0.4, 0.5) is 0 Å². The summed E-state index contributed by atoms with van der Waals surface area (Å²) in [6.45, 7) is 7.22. The second-order valence-corrected chi connectivity index (χ2v) is 6.30. The number of nitrogens with one attached hydrogen (secondary N) is 1. The molecule has 1 saturated carbocycles. The fourth-order valence-electron chi connectivity index (χ4n) is 2.81. The Balaban J connectivity index is 1.65. The minimum atomic E-state index is 0.527. The molecular formula is C13H26N2. The maximum atomic E-state index is 3.65. The Hall–Kier alpha value is -0.0800. The van der Waals surface area contributed by atoms with E-state index in [1.54, 1.807) is 0 Å². The van der Waals surface area contributed by atoms with Crippen molar-refractivity contribution in [3.8, 4) is 0 Å². The lowest BCUT2D eigenvalue weighted by Crippen LogP contribution is -2.39. The summed E-state index contributed by atoms with van der Waals surface area (Å²) in [6.07, 6.45) is 6.99. The van der Waals surface area contributed by atoms with Gasteiger partial charge in [0, 0.05) is 18.6 Å². The van der Waals surface area contributed by atoms with E-state index in [1.165, 1.54) is 45.2 Å². The summed E-state index contributed by atoms with van der Waals surface area (Å²) in [5.74, 6) is 0. The van der Waals surface area contributed by atoms with Crippen molar-refractivity contribution in [3.63, 3.8) is 0 Å². The molecule has 1 atom stereocenters. The Morgan fingerprint density at radius 2 is 2.07 bits per heavy atom. The highest BCUT2D eigenvalue weighted by Gasteiger charge is 2.30. The highest BCUT2D eigenvalue weighted by atomic mass is 15.1. The summed E-state index contributed by atoms with van der Waals surface area (Å²) < 4.78 is 0. The van der Waals surface area contributed by atoms with Crippen molar-refractivity contribution in [2.45, 2.75) is 58.0 Å². The molecule has 2 heteroatoms. The van der Waals surface area contributed by atoms with Crippen molar-refractivity contribution in [3.05, 3.63) is 0 Å². The average molecular weight is 210 g/mol. The smallest absolute Gasteiger partial charge is 0.00922 e. The second kappa shape index (κ2) is 4.42. The van der Waals surface area contributed by atoms with Crippen LogP contribution >= 0.6 is 0 Å². The van der Waals surface area contributed by atoms with Gasteiger partial charge in [-0.15, -0.1) is 0 Å². The molecule has 2 rings (SSSR count). The van der Waals surface area contributed by atoms with E-state index in [-0.39, 0.29) is 0 Å². The van der Waals surface area contributed by atoms with Crippen LogP contribution in [0.15, 0.2) is 0 Å². The maximum Gasteiger partial charge on any atom is 0.00922 e. The molecule has 0 aromatic heterocycles.